The molecule has 1 atom stereocenters. The van der Waals surface area contributed by atoms with Crippen LogP contribution in [0.4, 0.5) is 0 Å². The average molecular weight is 530 g/mol. The Balaban J connectivity index is 1.36. The lowest BCUT2D eigenvalue weighted by Crippen LogP contribution is -1.92. The summed E-state index contributed by atoms with van der Waals surface area (Å²) >= 11 is 0. The summed E-state index contributed by atoms with van der Waals surface area (Å²) in [7, 11) is -0.594. The summed E-state index contributed by atoms with van der Waals surface area (Å²) < 4.78 is 6.86. The van der Waals surface area contributed by atoms with Crippen molar-refractivity contribution in [3.63, 3.8) is 0 Å². The van der Waals surface area contributed by atoms with E-state index < -0.39 is 7.53 Å². The molecule has 3 heteroatoms. The molecule has 6 aromatic carbocycles. The summed E-state index contributed by atoms with van der Waals surface area (Å²) in [6, 6.07) is 47.5. The number of nitrogens with zero attached hydrogens (tertiary/aromatic N) is 1. The van der Waals surface area contributed by atoms with Gasteiger partial charge in [0.15, 0.2) is 0 Å². The van der Waals surface area contributed by atoms with Crippen LogP contribution in [0.3, 0.4) is 0 Å². The van der Waals surface area contributed by atoms with Crippen molar-refractivity contribution >= 4 is 50.1 Å². The molecule has 2 heterocycles. The first-order valence-corrected chi connectivity index (χ1v) is 14.8. The predicted octanol–water partition coefficient (Wildman–Crippen LogP) is 11.1. The third-order valence-electron chi connectivity index (χ3n) is 7.72. The predicted molar refractivity (Wildman–Crippen MR) is 170 cm³/mol. The van der Waals surface area contributed by atoms with E-state index in [1.807, 2.05) is 12.4 Å². The van der Waals surface area contributed by atoms with Gasteiger partial charge in [0.2, 0.25) is 0 Å². The first-order valence-electron chi connectivity index (χ1n) is 13.5. The smallest absolute Gasteiger partial charge is 0.143 e. The van der Waals surface area contributed by atoms with Crippen LogP contribution in [-0.4, -0.2) is 4.98 Å². The van der Waals surface area contributed by atoms with Gasteiger partial charge in [0, 0.05) is 38.8 Å². The third-order valence-corrected chi connectivity index (χ3v) is 10.3. The van der Waals surface area contributed by atoms with E-state index in [9.17, 15) is 0 Å². The van der Waals surface area contributed by atoms with Crippen LogP contribution in [-0.2, 0) is 0 Å². The van der Waals surface area contributed by atoms with Crippen LogP contribution in [0.1, 0.15) is 0 Å². The lowest BCUT2D eigenvalue weighted by molar-refractivity contribution is 0.494. The molecule has 0 spiro atoms. The van der Waals surface area contributed by atoms with E-state index in [2.05, 4.69) is 138 Å². The fraction of sp³-hybridized carbons (Fsp3) is 0. The van der Waals surface area contributed by atoms with Crippen molar-refractivity contribution in [2.75, 3.05) is 0 Å². The van der Waals surface area contributed by atoms with Crippen molar-refractivity contribution < 1.29 is 4.74 Å². The molecule has 2 nitrogen and oxygen atoms in total. The Morgan fingerprint density at radius 1 is 0.500 bits per heavy atom. The Labute approximate surface area is 233 Å². The van der Waals surface area contributed by atoms with Crippen LogP contribution in [0.15, 0.2) is 146 Å². The average Bonchev–Trinajstić information content (AvgIpc) is 3.35. The van der Waals surface area contributed by atoms with Crippen LogP contribution in [0.5, 0.6) is 11.5 Å². The molecule has 0 saturated carbocycles. The number of ether oxygens (including phenoxy) is 1. The molecule has 8 rings (SSSR count). The molecule has 0 fully saturated rings. The molecule has 0 N–H and O–H groups in total. The van der Waals surface area contributed by atoms with Gasteiger partial charge in [-0.3, -0.25) is 4.98 Å². The second-order valence-corrected chi connectivity index (χ2v) is 12.2. The molecule has 8 aromatic rings. The Bertz CT molecular complexity index is 2130. The number of hydrogen-bond donors (Lipinski definition) is 0. The second kappa shape index (κ2) is 9.38. The Kier molecular flexibility index (Phi) is 5.40. The van der Waals surface area contributed by atoms with Crippen molar-refractivity contribution in [1.82, 2.24) is 4.98 Å². The van der Waals surface area contributed by atoms with E-state index in [1.54, 1.807) is 0 Å². The van der Waals surface area contributed by atoms with Gasteiger partial charge in [-0.05, 0) is 56.9 Å². The van der Waals surface area contributed by atoms with E-state index in [4.69, 9.17) is 4.74 Å². The lowest BCUT2D eigenvalue weighted by Gasteiger charge is -2.17. The van der Waals surface area contributed by atoms with Crippen molar-refractivity contribution in [2.24, 2.45) is 0 Å². The molecule has 0 aliphatic carbocycles. The number of pyridine rings is 1. The maximum absolute atomic E-state index is 6.86. The molecule has 0 aliphatic heterocycles. The standard InChI is InChI=1S/C37H24NOP/c1-3-11-25(12-4-1)36-29-16-7-8-17-30(29)37(31-21-22-38-24-33(31)36)39-26-19-20-35-32(23-26)28-15-9-10-18-34(28)40(35)27-13-5-2-6-14-27/h1-24H. The van der Waals surface area contributed by atoms with E-state index in [-0.39, 0.29) is 0 Å². The molecule has 1 unspecified atom stereocenters. The highest BCUT2D eigenvalue weighted by Crippen LogP contribution is 2.55. The van der Waals surface area contributed by atoms with Gasteiger partial charge in [-0.2, -0.15) is 0 Å². The zero-order chi connectivity index (χ0) is 26.5. The monoisotopic (exact) mass is 529 g/mol. The number of benzene rings is 6. The fourth-order valence-electron chi connectivity index (χ4n) is 6.00. The summed E-state index contributed by atoms with van der Waals surface area (Å²) in [4.78, 5) is 4.51. The Hall–Kier alpha value is -4.91. The van der Waals surface area contributed by atoms with Crippen LogP contribution < -0.4 is 4.74 Å². The number of rotatable bonds is 4. The lowest BCUT2D eigenvalue weighted by atomic mass is 9.92. The first kappa shape index (κ1) is 23.0. The number of fused-ring (bicyclic) bond motifs is 5. The molecular weight excluding hydrogens is 505 g/mol. The van der Waals surface area contributed by atoms with Gasteiger partial charge in [0.1, 0.15) is 11.5 Å². The highest BCUT2D eigenvalue weighted by Gasteiger charge is 2.18. The van der Waals surface area contributed by atoms with Gasteiger partial charge in [-0.15, -0.1) is 0 Å². The Morgan fingerprint density at radius 2 is 1.15 bits per heavy atom. The molecule has 40 heavy (non-hydrogen) atoms. The van der Waals surface area contributed by atoms with E-state index in [0.29, 0.717) is 0 Å². The molecule has 2 aromatic heterocycles. The fourth-order valence-corrected chi connectivity index (χ4v) is 8.60. The normalized spacial score (nSPS) is 11.9. The highest BCUT2D eigenvalue weighted by atomic mass is 31.1. The third kappa shape index (κ3) is 3.61. The van der Waals surface area contributed by atoms with Crippen molar-refractivity contribution in [2.45, 2.75) is 0 Å². The van der Waals surface area contributed by atoms with Crippen LogP contribution >= 0.6 is 7.53 Å². The quantitative estimate of drug-likeness (QED) is 0.212. The maximum atomic E-state index is 6.86. The number of hydrogen-bond acceptors (Lipinski definition) is 2. The summed E-state index contributed by atoms with van der Waals surface area (Å²) in [5.74, 6) is 1.71. The van der Waals surface area contributed by atoms with E-state index >= 15 is 0 Å². The zero-order valence-corrected chi connectivity index (χ0v) is 22.6. The SMILES string of the molecule is c1ccc(-c2c3ccccc3c(Oc3ccc4c(c3)c3ccccc3p4-c3ccccc3)c3ccncc23)cc1. The minimum atomic E-state index is -0.594. The molecule has 0 bridgehead atoms. The first-order chi connectivity index (χ1) is 19.9. The van der Waals surface area contributed by atoms with Gasteiger partial charge in [-0.25, -0.2) is 0 Å². The zero-order valence-electron chi connectivity index (χ0n) is 21.7. The molecule has 0 radical (unpaired) electrons. The summed E-state index contributed by atoms with van der Waals surface area (Å²) in [6.45, 7) is 0. The minimum Gasteiger partial charge on any atom is -0.456 e. The van der Waals surface area contributed by atoms with Gasteiger partial charge < -0.3 is 4.74 Å². The molecule has 188 valence electrons. The van der Waals surface area contributed by atoms with Gasteiger partial charge >= 0.3 is 0 Å². The van der Waals surface area contributed by atoms with Crippen LogP contribution in [0.25, 0.3) is 59.0 Å². The topological polar surface area (TPSA) is 22.1 Å². The largest absolute Gasteiger partial charge is 0.456 e. The molecular formula is C37H24NOP. The van der Waals surface area contributed by atoms with Crippen molar-refractivity contribution in [1.29, 1.82) is 0 Å². The van der Waals surface area contributed by atoms with Crippen molar-refractivity contribution in [3.8, 4) is 27.9 Å². The minimum absolute atomic E-state index is 0.594. The van der Waals surface area contributed by atoms with E-state index in [1.165, 1.54) is 37.4 Å². The van der Waals surface area contributed by atoms with E-state index in [0.717, 1.165) is 33.0 Å². The summed E-state index contributed by atoms with van der Waals surface area (Å²) in [5, 5.41) is 11.1. The van der Waals surface area contributed by atoms with Crippen LogP contribution in [0, 0.1) is 0 Å². The van der Waals surface area contributed by atoms with Gasteiger partial charge in [0.25, 0.3) is 0 Å². The second-order valence-electron chi connectivity index (χ2n) is 10.0. The maximum Gasteiger partial charge on any atom is 0.143 e. The summed E-state index contributed by atoms with van der Waals surface area (Å²) in [5.41, 5.74) is 2.36. The molecule has 0 amide bonds. The van der Waals surface area contributed by atoms with Gasteiger partial charge in [0.05, 0.1) is 0 Å². The number of aromatic nitrogens is 1. The van der Waals surface area contributed by atoms with Gasteiger partial charge in [-0.1, -0.05) is 117 Å². The molecule has 0 saturated heterocycles. The van der Waals surface area contributed by atoms with Crippen LogP contribution in [0.2, 0.25) is 0 Å². The highest BCUT2D eigenvalue weighted by molar-refractivity contribution is 7.67. The van der Waals surface area contributed by atoms with Crippen molar-refractivity contribution in [3.05, 3.63) is 146 Å². The Morgan fingerprint density at radius 3 is 1.98 bits per heavy atom. The summed E-state index contributed by atoms with van der Waals surface area (Å²) in [6.07, 6.45) is 3.81. The molecule has 0 aliphatic rings.